The Kier molecular flexibility index (Phi) is 43.2. The molecular formula is C5H12AgNO2. The Bertz CT molecular complexity index is 41.9. The van der Waals surface area contributed by atoms with Gasteiger partial charge in [0.25, 0.3) is 0 Å². The fraction of sp³-hybridized carbons (Fsp3) is 0.800. The average molecular weight is 226 g/mol. The van der Waals surface area contributed by atoms with Crippen molar-refractivity contribution in [3.8, 4) is 0 Å². The number of carbonyl (C=O) groups is 1. The molecule has 0 radical (unpaired) electrons. The van der Waals surface area contributed by atoms with Gasteiger partial charge in [-0.3, -0.25) is 0 Å². The first-order valence-electron chi connectivity index (χ1n) is 2.59. The summed E-state index contributed by atoms with van der Waals surface area (Å²) in [6.07, 6.45) is 2.39. The van der Waals surface area contributed by atoms with Crippen LogP contribution in [0.4, 0.5) is 0 Å². The SMILES string of the molecule is CCCCN.O=C[O-].[Ag+]. The van der Waals surface area contributed by atoms with Crippen molar-refractivity contribution in [3.05, 3.63) is 0 Å². The molecule has 0 aliphatic heterocycles. The topological polar surface area (TPSA) is 66.2 Å². The molecule has 0 saturated heterocycles. The van der Waals surface area contributed by atoms with E-state index in [2.05, 4.69) is 6.92 Å². The van der Waals surface area contributed by atoms with E-state index in [-0.39, 0.29) is 22.4 Å². The molecule has 0 atom stereocenters. The Labute approximate surface area is 71.1 Å². The number of unbranched alkanes of at least 4 members (excludes halogenated alkanes) is 1. The minimum absolute atomic E-state index is 0. The molecule has 0 aliphatic rings. The molecule has 2 N–H and O–H groups in total. The molecule has 9 heavy (non-hydrogen) atoms. The van der Waals surface area contributed by atoms with E-state index in [0.29, 0.717) is 0 Å². The minimum atomic E-state index is -0.500. The Morgan fingerprint density at radius 2 is 2.00 bits per heavy atom. The molecule has 0 saturated carbocycles. The van der Waals surface area contributed by atoms with Gasteiger partial charge in [-0.1, -0.05) is 13.3 Å². The summed E-state index contributed by atoms with van der Waals surface area (Å²) in [5.74, 6) is 0. The molecule has 0 spiro atoms. The van der Waals surface area contributed by atoms with E-state index in [4.69, 9.17) is 15.6 Å². The Balaban J connectivity index is -0.0000000800. The zero-order chi connectivity index (χ0) is 6.83. The predicted octanol–water partition coefficient (Wildman–Crippen LogP) is -0.891. The first kappa shape index (κ1) is 16.1. The van der Waals surface area contributed by atoms with Gasteiger partial charge in [-0.05, 0) is 13.0 Å². The average Bonchev–Trinajstić information content (AvgIpc) is 1.71. The van der Waals surface area contributed by atoms with E-state index in [1.807, 2.05) is 0 Å². The van der Waals surface area contributed by atoms with Gasteiger partial charge in [-0.25, -0.2) is 0 Å². The maximum atomic E-state index is 8.25. The molecule has 60 valence electrons. The van der Waals surface area contributed by atoms with Crippen LogP contribution in [0.1, 0.15) is 19.8 Å². The fourth-order valence-corrected chi connectivity index (χ4v) is 0.204. The summed E-state index contributed by atoms with van der Waals surface area (Å²) >= 11 is 0. The number of hydrogen-bond donors (Lipinski definition) is 1. The fourth-order valence-electron chi connectivity index (χ4n) is 0.204. The summed E-state index contributed by atoms with van der Waals surface area (Å²) in [7, 11) is 0. The normalized spacial score (nSPS) is 6.00. The predicted molar refractivity (Wildman–Crippen MR) is 30.0 cm³/mol. The van der Waals surface area contributed by atoms with Crippen LogP contribution in [0.25, 0.3) is 0 Å². The third-order valence-electron chi connectivity index (χ3n) is 0.558. The maximum absolute atomic E-state index is 8.25. The van der Waals surface area contributed by atoms with Crippen LogP contribution in [0.15, 0.2) is 0 Å². The third-order valence-corrected chi connectivity index (χ3v) is 0.558. The molecule has 0 aromatic rings. The molecule has 0 heterocycles. The van der Waals surface area contributed by atoms with E-state index < -0.39 is 6.47 Å². The van der Waals surface area contributed by atoms with Crippen molar-refractivity contribution in [2.45, 2.75) is 19.8 Å². The molecular weight excluding hydrogens is 214 g/mol. The van der Waals surface area contributed by atoms with Gasteiger partial charge < -0.3 is 15.6 Å². The van der Waals surface area contributed by atoms with Crippen LogP contribution in [-0.4, -0.2) is 13.0 Å². The van der Waals surface area contributed by atoms with Gasteiger partial charge in [-0.2, -0.15) is 0 Å². The third kappa shape index (κ3) is 66.0. The van der Waals surface area contributed by atoms with Gasteiger partial charge >= 0.3 is 22.4 Å². The van der Waals surface area contributed by atoms with Crippen molar-refractivity contribution in [2.75, 3.05) is 6.54 Å². The molecule has 0 fully saturated rings. The second kappa shape index (κ2) is 24.2. The van der Waals surface area contributed by atoms with Gasteiger partial charge in [0.2, 0.25) is 0 Å². The van der Waals surface area contributed by atoms with E-state index in [1.165, 1.54) is 12.8 Å². The van der Waals surface area contributed by atoms with Crippen molar-refractivity contribution in [3.63, 3.8) is 0 Å². The standard InChI is InChI=1S/C4H11N.CH2O2.Ag/c1-2-3-4-5;2-1-3;/h2-5H2,1H3;1H,(H,2,3);/q;;+1/p-1. The van der Waals surface area contributed by atoms with Crippen LogP contribution in [0.5, 0.6) is 0 Å². The molecule has 0 aromatic heterocycles. The molecule has 0 aromatic carbocycles. The Hall–Kier alpha value is 0.170. The smallest absolute Gasteiger partial charge is 0.554 e. The first-order chi connectivity index (χ1) is 3.83. The minimum Gasteiger partial charge on any atom is -0.554 e. The maximum Gasteiger partial charge on any atom is 1.00 e. The number of carboxylic acid groups (broad SMARTS) is 1. The molecule has 0 amide bonds. The first-order valence-corrected chi connectivity index (χ1v) is 2.59. The zero-order valence-corrected chi connectivity index (χ0v) is 6.88. The van der Waals surface area contributed by atoms with Crippen molar-refractivity contribution in [1.29, 1.82) is 0 Å². The number of nitrogens with two attached hydrogens (primary N) is 1. The molecule has 0 unspecified atom stereocenters. The van der Waals surface area contributed by atoms with Gasteiger partial charge in [0.15, 0.2) is 0 Å². The Morgan fingerprint density at radius 1 is 1.67 bits per heavy atom. The monoisotopic (exact) mass is 225 g/mol. The van der Waals surface area contributed by atoms with E-state index in [9.17, 15) is 0 Å². The van der Waals surface area contributed by atoms with Crippen molar-refractivity contribution in [1.82, 2.24) is 0 Å². The molecule has 0 bridgehead atoms. The summed E-state index contributed by atoms with van der Waals surface area (Å²) in [6.45, 7) is 2.48. The second-order valence-corrected chi connectivity index (χ2v) is 1.24. The van der Waals surface area contributed by atoms with Crippen LogP contribution >= 0.6 is 0 Å². The molecule has 0 aliphatic carbocycles. The number of carbonyl (C=O) groups excluding carboxylic acids is 1. The van der Waals surface area contributed by atoms with Crippen LogP contribution in [0, 0.1) is 0 Å². The summed E-state index contributed by atoms with van der Waals surface area (Å²) in [4.78, 5) is 8.25. The number of rotatable bonds is 2. The zero-order valence-electron chi connectivity index (χ0n) is 5.39. The van der Waals surface area contributed by atoms with Crippen LogP contribution in [-0.2, 0) is 27.2 Å². The quantitative estimate of drug-likeness (QED) is 0.490. The van der Waals surface area contributed by atoms with E-state index in [0.717, 1.165) is 6.54 Å². The van der Waals surface area contributed by atoms with Crippen LogP contribution < -0.4 is 10.8 Å². The van der Waals surface area contributed by atoms with Crippen molar-refractivity contribution < 1.29 is 32.3 Å². The van der Waals surface area contributed by atoms with E-state index in [1.54, 1.807) is 0 Å². The van der Waals surface area contributed by atoms with E-state index >= 15 is 0 Å². The van der Waals surface area contributed by atoms with Gasteiger partial charge in [-0.15, -0.1) is 0 Å². The Morgan fingerprint density at radius 3 is 2.00 bits per heavy atom. The van der Waals surface area contributed by atoms with Crippen LogP contribution in [0.2, 0.25) is 0 Å². The second-order valence-electron chi connectivity index (χ2n) is 1.24. The summed E-state index contributed by atoms with van der Waals surface area (Å²) in [5, 5.41) is 8.25. The van der Waals surface area contributed by atoms with Gasteiger partial charge in [0.05, 0.1) is 0 Å². The van der Waals surface area contributed by atoms with Gasteiger partial charge in [0.1, 0.15) is 0 Å². The summed E-state index contributed by atoms with van der Waals surface area (Å²) in [5.41, 5.74) is 5.14. The largest absolute Gasteiger partial charge is 1.00 e. The summed E-state index contributed by atoms with van der Waals surface area (Å²) in [6, 6.07) is 0. The number of hydrogen-bond acceptors (Lipinski definition) is 3. The molecule has 4 heteroatoms. The van der Waals surface area contributed by atoms with Crippen molar-refractivity contribution >= 4 is 6.47 Å². The van der Waals surface area contributed by atoms with Crippen molar-refractivity contribution in [2.24, 2.45) is 5.73 Å². The summed E-state index contributed by atoms with van der Waals surface area (Å²) < 4.78 is 0. The van der Waals surface area contributed by atoms with Crippen LogP contribution in [0.3, 0.4) is 0 Å². The van der Waals surface area contributed by atoms with Gasteiger partial charge in [0, 0.05) is 6.47 Å². The molecule has 0 rings (SSSR count). The molecule has 3 nitrogen and oxygen atoms in total.